The van der Waals surface area contributed by atoms with E-state index in [1.165, 1.54) is 12.1 Å². The molecule has 5 atom stereocenters. The lowest BCUT2D eigenvalue weighted by Gasteiger charge is -2.26. The van der Waals surface area contributed by atoms with Gasteiger partial charge in [0.2, 0.25) is 35.4 Å². The van der Waals surface area contributed by atoms with Gasteiger partial charge in [-0.25, -0.2) is 4.79 Å². The lowest BCUT2D eigenvalue weighted by Crippen LogP contribution is -2.59. The second kappa shape index (κ2) is 22.2. The van der Waals surface area contributed by atoms with Gasteiger partial charge in [-0.3, -0.25) is 34.2 Å². The van der Waals surface area contributed by atoms with Crippen LogP contribution in [0.4, 0.5) is 0 Å². The molecule has 0 saturated carbocycles. The van der Waals surface area contributed by atoms with Crippen LogP contribution in [0.25, 0.3) is 0 Å². The van der Waals surface area contributed by atoms with Crippen LogP contribution >= 0.6 is 0 Å². The molecule has 0 unspecified atom stereocenters. The van der Waals surface area contributed by atoms with E-state index >= 15 is 0 Å². The summed E-state index contributed by atoms with van der Waals surface area (Å²) in [6.07, 6.45) is -0.374. The van der Waals surface area contributed by atoms with Gasteiger partial charge >= 0.3 is 5.97 Å². The molecule has 0 spiro atoms. The number of carboxylic acid groups (broad SMARTS) is 1. The van der Waals surface area contributed by atoms with Gasteiger partial charge in [-0.2, -0.15) is 0 Å². The third-order valence-corrected chi connectivity index (χ3v) is 7.26. The van der Waals surface area contributed by atoms with Crippen molar-refractivity contribution in [3.05, 3.63) is 29.8 Å². The standard InChI is InChI=1S/C30H49N11O9/c31-12-2-1-4-21(29(49)50)40-27(47)20(10-11-23(33)43)39-28(48)22(15-24(34)44)41-26(46)19(5-3-13-37-30(35)36)38-25(45)18(32)14-16-6-8-17(42)9-7-16/h6-9,18-22,42H,1-5,10-15,31-32H2,(H2,33,43)(H2,34,44)(H,38,45)(H,39,48)(H,40,47)(H,41,46)(H,49,50)(H4,35,36,37)/t18-,19-,20-,21-,22-/m0/s1. The monoisotopic (exact) mass is 707 g/mol. The Labute approximate surface area is 288 Å². The maximum absolute atomic E-state index is 13.5. The molecule has 0 aliphatic carbocycles. The number of aliphatic carboxylic acids is 1. The number of carbonyl (C=O) groups excluding carboxylic acids is 6. The average molecular weight is 708 g/mol. The Bertz CT molecular complexity index is 1340. The Balaban J connectivity index is 3.19. The second-order valence-electron chi connectivity index (χ2n) is 11.5. The highest BCUT2D eigenvalue weighted by Gasteiger charge is 2.32. The van der Waals surface area contributed by atoms with Gasteiger partial charge in [0.15, 0.2) is 5.96 Å². The zero-order valence-electron chi connectivity index (χ0n) is 27.6. The van der Waals surface area contributed by atoms with Crippen molar-refractivity contribution in [2.75, 3.05) is 13.1 Å². The van der Waals surface area contributed by atoms with Crippen LogP contribution < -0.4 is 55.3 Å². The van der Waals surface area contributed by atoms with E-state index in [1.54, 1.807) is 12.1 Å². The van der Waals surface area contributed by atoms with Crippen LogP contribution in [0, 0.1) is 5.41 Å². The van der Waals surface area contributed by atoms with Crippen LogP contribution in [-0.2, 0) is 40.0 Å². The fraction of sp³-hybridized carbons (Fsp3) is 0.533. The third-order valence-electron chi connectivity index (χ3n) is 7.26. The Morgan fingerprint density at radius 1 is 0.700 bits per heavy atom. The highest BCUT2D eigenvalue weighted by molar-refractivity contribution is 5.97. The fourth-order valence-electron chi connectivity index (χ4n) is 4.59. The summed E-state index contributed by atoms with van der Waals surface area (Å²) in [5, 5.41) is 38.4. The number of nitrogens with two attached hydrogens (primary N) is 5. The SMILES string of the molecule is N=C(N)NCCC[C@H](NC(=O)[C@@H](N)Cc1ccc(O)cc1)C(=O)N[C@@H](CC(N)=O)C(=O)N[C@@H](CCC(N)=O)C(=O)N[C@@H](CCCCN)C(=O)O. The first kappa shape index (κ1) is 42.5. The first-order chi connectivity index (χ1) is 23.5. The van der Waals surface area contributed by atoms with E-state index in [-0.39, 0.29) is 56.8 Å². The minimum Gasteiger partial charge on any atom is -0.508 e. The summed E-state index contributed by atoms with van der Waals surface area (Å²) in [6.45, 7) is 0.441. The normalized spacial score (nSPS) is 13.7. The van der Waals surface area contributed by atoms with E-state index < -0.39 is 78.0 Å². The molecule has 20 heteroatoms. The van der Waals surface area contributed by atoms with E-state index in [9.17, 15) is 43.8 Å². The van der Waals surface area contributed by atoms with Crippen LogP contribution in [0.5, 0.6) is 5.75 Å². The smallest absolute Gasteiger partial charge is 0.326 e. The zero-order chi connectivity index (χ0) is 37.8. The Hall–Kier alpha value is -5.50. The summed E-state index contributed by atoms with van der Waals surface area (Å²) in [5.41, 5.74) is 28.0. The number of rotatable bonds is 24. The predicted octanol–water partition coefficient (Wildman–Crippen LogP) is -4.18. The molecule has 6 amide bonds. The molecule has 278 valence electrons. The van der Waals surface area contributed by atoms with Crippen molar-refractivity contribution in [2.24, 2.45) is 28.7 Å². The highest BCUT2D eigenvalue weighted by atomic mass is 16.4. The number of phenolic OH excluding ortho intramolecular Hbond substituents is 1. The minimum atomic E-state index is -1.68. The molecule has 0 aromatic heterocycles. The van der Waals surface area contributed by atoms with Crippen molar-refractivity contribution >= 4 is 47.4 Å². The Morgan fingerprint density at radius 3 is 1.76 bits per heavy atom. The molecule has 0 aliphatic heterocycles. The molecule has 1 aromatic rings. The lowest BCUT2D eigenvalue weighted by molar-refractivity contribution is -0.142. The molecule has 18 N–H and O–H groups in total. The first-order valence-corrected chi connectivity index (χ1v) is 15.9. The van der Waals surface area contributed by atoms with Gasteiger partial charge in [-0.1, -0.05) is 12.1 Å². The Morgan fingerprint density at radius 2 is 1.22 bits per heavy atom. The molecule has 1 rings (SSSR count). The molecule has 0 heterocycles. The summed E-state index contributed by atoms with van der Waals surface area (Å²) in [5.74, 6) is -7.21. The van der Waals surface area contributed by atoms with Gasteiger partial charge in [-0.05, 0) is 69.2 Å². The fourth-order valence-corrected chi connectivity index (χ4v) is 4.59. The number of amides is 6. The number of hydrogen-bond donors (Lipinski definition) is 13. The van der Waals surface area contributed by atoms with Crippen molar-refractivity contribution < 1.29 is 43.8 Å². The van der Waals surface area contributed by atoms with E-state index in [1.807, 2.05) is 0 Å². The average Bonchev–Trinajstić information content (AvgIpc) is 3.03. The number of guanidine groups is 1. The van der Waals surface area contributed by atoms with Gasteiger partial charge in [-0.15, -0.1) is 0 Å². The van der Waals surface area contributed by atoms with Gasteiger partial charge in [0.05, 0.1) is 12.5 Å². The van der Waals surface area contributed by atoms with Gasteiger partial charge < -0.3 is 65.5 Å². The molecule has 0 saturated heterocycles. The van der Waals surface area contributed by atoms with Gasteiger partial charge in [0.25, 0.3) is 0 Å². The molecular formula is C30H49N11O9. The molecule has 20 nitrogen and oxygen atoms in total. The van der Waals surface area contributed by atoms with Gasteiger partial charge in [0, 0.05) is 13.0 Å². The first-order valence-electron chi connectivity index (χ1n) is 15.9. The van der Waals surface area contributed by atoms with Crippen molar-refractivity contribution in [1.29, 1.82) is 5.41 Å². The molecule has 0 fully saturated rings. The number of carboxylic acids is 1. The van der Waals surface area contributed by atoms with E-state index in [2.05, 4.69) is 26.6 Å². The van der Waals surface area contributed by atoms with E-state index in [0.29, 0.717) is 24.9 Å². The number of nitrogens with one attached hydrogen (secondary N) is 6. The number of hydrogen-bond acceptors (Lipinski definition) is 11. The van der Waals surface area contributed by atoms with E-state index in [0.717, 1.165) is 0 Å². The van der Waals surface area contributed by atoms with Crippen molar-refractivity contribution in [1.82, 2.24) is 26.6 Å². The second-order valence-corrected chi connectivity index (χ2v) is 11.5. The summed E-state index contributed by atoms with van der Waals surface area (Å²) in [7, 11) is 0. The number of unbranched alkanes of at least 4 members (excludes halogenated alkanes) is 1. The number of phenols is 1. The lowest BCUT2D eigenvalue weighted by atomic mass is 10.0. The molecule has 0 bridgehead atoms. The number of carbonyl (C=O) groups is 7. The number of primary amides is 2. The zero-order valence-corrected chi connectivity index (χ0v) is 27.6. The van der Waals surface area contributed by atoms with E-state index in [4.69, 9.17) is 34.1 Å². The maximum atomic E-state index is 13.5. The molecular weight excluding hydrogens is 658 g/mol. The molecule has 0 radical (unpaired) electrons. The summed E-state index contributed by atoms with van der Waals surface area (Å²) >= 11 is 0. The maximum Gasteiger partial charge on any atom is 0.326 e. The van der Waals surface area contributed by atoms with Crippen LogP contribution in [0.3, 0.4) is 0 Å². The predicted molar refractivity (Wildman–Crippen MR) is 179 cm³/mol. The summed E-state index contributed by atoms with van der Waals surface area (Å²) in [6, 6.07) is -1.02. The minimum absolute atomic E-state index is 0.0137. The topological polar surface area (TPSA) is 374 Å². The van der Waals surface area contributed by atoms with Crippen molar-refractivity contribution in [3.8, 4) is 5.75 Å². The highest BCUT2D eigenvalue weighted by Crippen LogP contribution is 2.11. The summed E-state index contributed by atoms with van der Waals surface area (Å²) in [4.78, 5) is 88.1. The number of aromatic hydroxyl groups is 1. The van der Waals surface area contributed by atoms with Gasteiger partial charge in [0.1, 0.15) is 29.9 Å². The van der Waals surface area contributed by atoms with Crippen molar-refractivity contribution in [2.45, 2.75) is 88.0 Å². The third kappa shape index (κ3) is 17.1. The Kier molecular flexibility index (Phi) is 18.9. The largest absolute Gasteiger partial charge is 0.508 e. The molecule has 1 aromatic carbocycles. The van der Waals surface area contributed by atoms with Crippen LogP contribution in [0.15, 0.2) is 24.3 Å². The van der Waals surface area contributed by atoms with Crippen LogP contribution in [-0.4, -0.2) is 101 Å². The molecule has 0 aliphatic rings. The van der Waals surface area contributed by atoms with Crippen molar-refractivity contribution in [3.63, 3.8) is 0 Å². The van der Waals surface area contributed by atoms with Crippen LogP contribution in [0.1, 0.15) is 56.9 Å². The number of benzene rings is 1. The quantitative estimate of drug-likeness (QED) is 0.0276. The summed E-state index contributed by atoms with van der Waals surface area (Å²) < 4.78 is 0. The van der Waals surface area contributed by atoms with Crippen LogP contribution in [0.2, 0.25) is 0 Å². The molecule has 50 heavy (non-hydrogen) atoms.